The Labute approximate surface area is 204 Å². The summed E-state index contributed by atoms with van der Waals surface area (Å²) in [5.41, 5.74) is 0.578. The molecular formula is C25H22F3N5O3. The van der Waals surface area contributed by atoms with Crippen molar-refractivity contribution < 1.29 is 27.8 Å². The van der Waals surface area contributed by atoms with Gasteiger partial charge in [-0.2, -0.15) is 13.2 Å². The number of hydrogen-bond acceptors (Lipinski definition) is 6. The number of aromatic nitrogens is 5. The number of H-pyrrole nitrogens is 1. The molecule has 0 aliphatic carbocycles. The van der Waals surface area contributed by atoms with E-state index in [0.717, 1.165) is 17.2 Å². The maximum absolute atomic E-state index is 13.4. The van der Waals surface area contributed by atoms with E-state index in [0.29, 0.717) is 11.4 Å². The molecule has 36 heavy (non-hydrogen) atoms. The summed E-state index contributed by atoms with van der Waals surface area (Å²) in [4.78, 5) is 31.1. The van der Waals surface area contributed by atoms with E-state index in [4.69, 9.17) is 4.74 Å². The van der Waals surface area contributed by atoms with Crippen LogP contribution in [0.2, 0.25) is 0 Å². The quantitative estimate of drug-likeness (QED) is 0.351. The second kappa shape index (κ2) is 9.40. The zero-order valence-corrected chi connectivity index (χ0v) is 19.6. The molecule has 4 rings (SSSR count). The molecule has 4 aromatic rings. The summed E-state index contributed by atoms with van der Waals surface area (Å²) in [6.45, 7) is 4.93. The number of alkyl halides is 3. The third kappa shape index (κ3) is 5.19. The van der Waals surface area contributed by atoms with Crippen molar-refractivity contribution in [3.63, 3.8) is 0 Å². The van der Waals surface area contributed by atoms with E-state index in [1.165, 1.54) is 24.4 Å². The van der Waals surface area contributed by atoms with Crippen molar-refractivity contribution in [2.45, 2.75) is 26.9 Å². The van der Waals surface area contributed by atoms with E-state index < -0.39 is 23.1 Å². The van der Waals surface area contributed by atoms with Crippen molar-refractivity contribution in [3.05, 3.63) is 66.2 Å². The number of ether oxygens (including phenoxy) is 1. The number of pyridine rings is 1. The fourth-order valence-electron chi connectivity index (χ4n) is 3.35. The fourth-order valence-corrected chi connectivity index (χ4v) is 3.35. The van der Waals surface area contributed by atoms with E-state index in [2.05, 4.69) is 24.9 Å². The van der Waals surface area contributed by atoms with Crippen molar-refractivity contribution in [3.8, 4) is 39.9 Å². The predicted octanol–water partition coefficient (Wildman–Crippen LogP) is 5.41. The van der Waals surface area contributed by atoms with E-state index in [9.17, 15) is 23.1 Å². The minimum atomic E-state index is -4.50. The number of nitrogens with zero attached hydrogens (tertiary/aromatic N) is 4. The topological polar surface area (TPSA) is 114 Å². The third-order valence-electron chi connectivity index (χ3n) is 5.52. The van der Waals surface area contributed by atoms with E-state index >= 15 is 0 Å². The molecule has 0 bridgehead atoms. The largest absolute Gasteiger partial charge is 0.481 e. The number of hydrogen-bond donors (Lipinski definition) is 2. The Bertz CT molecular complexity index is 1400. The van der Waals surface area contributed by atoms with Crippen molar-refractivity contribution in [1.82, 2.24) is 24.9 Å². The van der Waals surface area contributed by atoms with Gasteiger partial charge in [0.1, 0.15) is 6.61 Å². The maximum atomic E-state index is 13.4. The first-order valence-electron chi connectivity index (χ1n) is 10.8. The van der Waals surface area contributed by atoms with Crippen molar-refractivity contribution in [2.75, 3.05) is 6.61 Å². The van der Waals surface area contributed by atoms with Crippen LogP contribution in [0.5, 0.6) is 5.88 Å². The Morgan fingerprint density at radius 3 is 2.33 bits per heavy atom. The first-order valence-corrected chi connectivity index (χ1v) is 10.8. The van der Waals surface area contributed by atoms with Crippen LogP contribution in [0.1, 0.15) is 25.0 Å². The number of nitrogens with one attached hydrogen (secondary N) is 1. The summed E-state index contributed by atoms with van der Waals surface area (Å²) in [6.07, 6.45) is 1.52. The van der Waals surface area contributed by atoms with Gasteiger partial charge in [-0.25, -0.2) is 19.9 Å². The van der Waals surface area contributed by atoms with Gasteiger partial charge in [-0.15, -0.1) is 0 Å². The summed E-state index contributed by atoms with van der Waals surface area (Å²) in [5, 5.41) is 9.21. The van der Waals surface area contributed by atoms with Gasteiger partial charge in [0, 0.05) is 41.3 Å². The molecule has 0 radical (unpaired) electrons. The highest BCUT2D eigenvalue weighted by Crippen LogP contribution is 2.36. The van der Waals surface area contributed by atoms with Gasteiger partial charge >= 0.3 is 12.1 Å². The maximum Gasteiger partial charge on any atom is 0.417 e. The number of aliphatic carboxylic acids is 1. The summed E-state index contributed by atoms with van der Waals surface area (Å²) in [7, 11) is 0. The number of rotatable bonds is 7. The lowest BCUT2D eigenvalue weighted by Gasteiger charge is -2.19. The molecule has 0 saturated carbocycles. The lowest BCUT2D eigenvalue weighted by Crippen LogP contribution is -2.30. The van der Waals surface area contributed by atoms with Crippen molar-refractivity contribution in [1.29, 1.82) is 0 Å². The van der Waals surface area contributed by atoms with Crippen LogP contribution in [-0.4, -0.2) is 42.6 Å². The number of halogens is 3. The van der Waals surface area contributed by atoms with Gasteiger partial charge in [-0.1, -0.05) is 18.2 Å². The van der Waals surface area contributed by atoms with Crippen LogP contribution < -0.4 is 4.74 Å². The molecule has 0 saturated heterocycles. The molecule has 0 fully saturated rings. The standard InChI is InChI=1S/C25H22F3N5O3/c1-14-8-20(36-13-24(2,3)23(34)35)29-11-17(14)15-9-30-21(31-10-15)22-32-12-19(33-22)16-6-4-5-7-18(16)25(26,27)28/h4-12H,13H2,1-3H3,(H,32,33)(H,34,35). The predicted molar refractivity (Wildman–Crippen MR) is 125 cm³/mol. The second-order valence-electron chi connectivity index (χ2n) is 8.80. The SMILES string of the molecule is Cc1cc(OCC(C)(C)C(=O)O)ncc1-c1cnc(-c2ncc(-c3ccccc3C(F)(F)F)[nH]2)nc1. The van der Waals surface area contributed by atoms with Crippen LogP contribution >= 0.6 is 0 Å². The van der Waals surface area contributed by atoms with Crippen LogP contribution in [0, 0.1) is 12.3 Å². The molecule has 2 N–H and O–H groups in total. The van der Waals surface area contributed by atoms with Crippen LogP contribution in [0.15, 0.2) is 55.1 Å². The average molecular weight is 497 g/mol. The summed E-state index contributed by atoms with van der Waals surface area (Å²) in [6, 6.07) is 6.93. The van der Waals surface area contributed by atoms with Gasteiger partial charge in [0.15, 0.2) is 11.6 Å². The first-order chi connectivity index (χ1) is 17.0. The molecule has 0 aliphatic heterocycles. The lowest BCUT2D eigenvalue weighted by atomic mass is 9.95. The van der Waals surface area contributed by atoms with Gasteiger partial charge in [-0.05, 0) is 32.4 Å². The Morgan fingerprint density at radius 2 is 1.69 bits per heavy atom. The number of aromatic amines is 1. The van der Waals surface area contributed by atoms with Crippen molar-refractivity contribution >= 4 is 5.97 Å². The molecule has 0 aliphatic rings. The molecule has 0 spiro atoms. The summed E-state index contributed by atoms with van der Waals surface area (Å²) >= 11 is 0. The molecule has 3 aromatic heterocycles. The molecule has 0 unspecified atom stereocenters. The second-order valence-corrected chi connectivity index (χ2v) is 8.80. The molecule has 186 valence electrons. The van der Waals surface area contributed by atoms with Gasteiger partial charge in [-0.3, -0.25) is 4.79 Å². The van der Waals surface area contributed by atoms with Gasteiger partial charge < -0.3 is 14.8 Å². The summed E-state index contributed by atoms with van der Waals surface area (Å²) in [5.74, 6) is -0.226. The Hall–Kier alpha value is -4.28. The Morgan fingerprint density at radius 1 is 1.00 bits per heavy atom. The highest BCUT2D eigenvalue weighted by Gasteiger charge is 2.33. The highest BCUT2D eigenvalue weighted by molar-refractivity contribution is 5.73. The lowest BCUT2D eigenvalue weighted by molar-refractivity contribution is -0.148. The highest BCUT2D eigenvalue weighted by atomic mass is 19.4. The minimum absolute atomic E-state index is 0.0175. The first kappa shape index (κ1) is 24.8. The zero-order valence-electron chi connectivity index (χ0n) is 19.6. The normalized spacial score (nSPS) is 11.9. The van der Waals surface area contributed by atoms with Crippen LogP contribution in [0.4, 0.5) is 13.2 Å². The molecule has 0 amide bonds. The zero-order chi connectivity index (χ0) is 26.1. The van der Waals surface area contributed by atoms with E-state index in [1.54, 1.807) is 38.5 Å². The number of aryl methyl sites for hydroxylation is 1. The summed E-state index contributed by atoms with van der Waals surface area (Å²) < 4.78 is 45.6. The number of benzene rings is 1. The number of imidazole rings is 1. The van der Waals surface area contributed by atoms with E-state index in [-0.39, 0.29) is 29.5 Å². The van der Waals surface area contributed by atoms with Crippen LogP contribution in [-0.2, 0) is 11.0 Å². The molecule has 1 aromatic carbocycles. The Kier molecular flexibility index (Phi) is 6.49. The van der Waals surface area contributed by atoms with Gasteiger partial charge in [0.2, 0.25) is 5.88 Å². The molecular weight excluding hydrogens is 475 g/mol. The monoisotopic (exact) mass is 497 g/mol. The van der Waals surface area contributed by atoms with Crippen molar-refractivity contribution in [2.24, 2.45) is 5.41 Å². The molecule has 11 heteroatoms. The Balaban J connectivity index is 1.53. The fraction of sp³-hybridized carbons (Fsp3) is 0.240. The van der Waals surface area contributed by atoms with Crippen LogP contribution in [0.25, 0.3) is 34.0 Å². The minimum Gasteiger partial charge on any atom is -0.481 e. The van der Waals surface area contributed by atoms with Crippen LogP contribution in [0.3, 0.4) is 0 Å². The molecule has 3 heterocycles. The molecule has 8 nitrogen and oxygen atoms in total. The van der Waals surface area contributed by atoms with E-state index in [1.807, 2.05) is 6.92 Å². The third-order valence-corrected chi connectivity index (χ3v) is 5.52. The number of carboxylic acid groups (broad SMARTS) is 1. The van der Waals surface area contributed by atoms with Gasteiger partial charge in [0.05, 0.1) is 22.9 Å². The average Bonchev–Trinajstić information content (AvgIpc) is 3.33. The number of carboxylic acids is 1. The van der Waals surface area contributed by atoms with Gasteiger partial charge in [0.25, 0.3) is 0 Å². The molecule has 0 atom stereocenters. The smallest absolute Gasteiger partial charge is 0.417 e. The number of carbonyl (C=O) groups is 1.